The lowest BCUT2D eigenvalue weighted by atomic mass is 10.1. The summed E-state index contributed by atoms with van der Waals surface area (Å²) in [5, 5.41) is 3.32. The summed E-state index contributed by atoms with van der Waals surface area (Å²) < 4.78 is 8.00. The average Bonchev–Trinajstić information content (AvgIpc) is 3.26. The van der Waals surface area contributed by atoms with E-state index in [1.165, 1.54) is 0 Å². The molecule has 6 heteroatoms. The van der Waals surface area contributed by atoms with Crippen LogP contribution in [0.5, 0.6) is 0 Å². The summed E-state index contributed by atoms with van der Waals surface area (Å²) in [6, 6.07) is 8.19. The number of rotatable bonds is 4. The van der Waals surface area contributed by atoms with Crippen molar-refractivity contribution in [1.29, 1.82) is 0 Å². The Kier molecular flexibility index (Phi) is 4.72. The zero-order chi connectivity index (χ0) is 17.2. The van der Waals surface area contributed by atoms with Crippen molar-refractivity contribution in [3.63, 3.8) is 0 Å². The zero-order valence-corrected chi connectivity index (χ0v) is 14.8. The van der Waals surface area contributed by atoms with E-state index in [0.29, 0.717) is 0 Å². The fraction of sp³-hybridized carbons (Fsp3) is 0.579. The van der Waals surface area contributed by atoms with Crippen molar-refractivity contribution < 1.29 is 9.53 Å². The zero-order valence-electron chi connectivity index (χ0n) is 14.8. The number of nitrogens with one attached hydrogen (secondary N) is 1. The highest BCUT2D eigenvalue weighted by atomic mass is 16.5. The highest BCUT2D eigenvalue weighted by Crippen LogP contribution is 2.33. The van der Waals surface area contributed by atoms with Crippen molar-refractivity contribution in [2.24, 2.45) is 7.05 Å². The van der Waals surface area contributed by atoms with E-state index < -0.39 is 0 Å². The van der Waals surface area contributed by atoms with Crippen LogP contribution in [0.15, 0.2) is 24.3 Å². The number of piperidine rings is 1. The molecule has 6 nitrogen and oxygen atoms in total. The van der Waals surface area contributed by atoms with E-state index in [1.54, 1.807) is 0 Å². The number of ether oxygens (including phenoxy) is 1. The molecule has 0 aliphatic carbocycles. The first kappa shape index (κ1) is 16.5. The first-order valence-electron chi connectivity index (χ1n) is 9.27. The van der Waals surface area contributed by atoms with Crippen LogP contribution in [0.4, 0.5) is 0 Å². The van der Waals surface area contributed by atoms with E-state index in [4.69, 9.17) is 9.72 Å². The molecule has 1 N–H and O–H groups in total. The number of nitrogens with zero attached hydrogens (tertiary/aromatic N) is 3. The first-order valence-corrected chi connectivity index (χ1v) is 9.27. The number of aryl methyl sites for hydroxylation is 1. The number of benzene rings is 1. The van der Waals surface area contributed by atoms with E-state index in [-0.39, 0.29) is 24.7 Å². The number of aromatic nitrogens is 2. The molecule has 3 heterocycles. The molecule has 0 spiro atoms. The van der Waals surface area contributed by atoms with E-state index in [1.807, 2.05) is 30.1 Å². The van der Waals surface area contributed by atoms with Gasteiger partial charge in [0.05, 0.1) is 23.2 Å². The van der Waals surface area contributed by atoms with Crippen molar-refractivity contribution in [3.8, 4) is 0 Å². The Balaban J connectivity index is 1.47. The third-order valence-corrected chi connectivity index (χ3v) is 5.42. The Hall–Kier alpha value is -1.92. The predicted octanol–water partition coefficient (Wildman–Crippen LogP) is 2.01. The molecule has 1 amide bonds. The van der Waals surface area contributed by atoms with Crippen LogP contribution in [0, 0.1) is 0 Å². The van der Waals surface area contributed by atoms with E-state index in [0.717, 1.165) is 62.2 Å². The minimum atomic E-state index is 0.0570. The maximum absolute atomic E-state index is 12.7. The number of carbonyl (C=O) groups excluding carboxylic acids is 1. The van der Waals surface area contributed by atoms with E-state index in [9.17, 15) is 4.79 Å². The monoisotopic (exact) mass is 342 g/mol. The maximum Gasteiger partial charge on any atom is 0.249 e. The van der Waals surface area contributed by atoms with Gasteiger partial charge in [-0.15, -0.1) is 0 Å². The average molecular weight is 342 g/mol. The molecule has 0 radical (unpaired) electrons. The molecule has 4 rings (SSSR count). The summed E-state index contributed by atoms with van der Waals surface area (Å²) in [7, 11) is 2.04. The van der Waals surface area contributed by atoms with Gasteiger partial charge in [0.25, 0.3) is 0 Å². The second kappa shape index (κ2) is 7.14. The summed E-state index contributed by atoms with van der Waals surface area (Å²) in [4.78, 5) is 19.5. The fourth-order valence-corrected chi connectivity index (χ4v) is 4.03. The fourth-order valence-electron chi connectivity index (χ4n) is 4.03. The van der Waals surface area contributed by atoms with Gasteiger partial charge in [-0.25, -0.2) is 4.98 Å². The van der Waals surface area contributed by atoms with E-state index >= 15 is 0 Å². The first-order chi connectivity index (χ1) is 12.2. The van der Waals surface area contributed by atoms with Crippen LogP contribution in [0.3, 0.4) is 0 Å². The van der Waals surface area contributed by atoms with Crippen molar-refractivity contribution in [2.45, 2.75) is 37.8 Å². The molecule has 2 aliphatic rings. The summed E-state index contributed by atoms with van der Waals surface area (Å²) in [5.74, 6) is 1.07. The molecule has 1 atom stereocenters. The lowest BCUT2D eigenvalue weighted by Gasteiger charge is -2.27. The third-order valence-electron chi connectivity index (χ3n) is 5.42. The Morgan fingerprint density at radius 1 is 1.28 bits per heavy atom. The standard InChI is InChI=1S/C19H26N4O2/c1-22-16-6-3-2-5-15(16)21-19(22)17-7-4-12-23(17)18(24)13-25-14-8-10-20-11-9-14/h2-3,5-6,14,17,20H,4,7-13H2,1H3. The van der Waals surface area contributed by atoms with Crippen LogP contribution < -0.4 is 5.32 Å². The van der Waals surface area contributed by atoms with Crippen LogP contribution in [0.2, 0.25) is 0 Å². The number of imidazole rings is 1. The van der Waals surface area contributed by atoms with E-state index in [2.05, 4.69) is 16.0 Å². The lowest BCUT2D eigenvalue weighted by molar-refractivity contribution is -0.139. The molecular formula is C19H26N4O2. The molecule has 1 aromatic heterocycles. The normalized spacial score (nSPS) is 22.0. The molecule has 2 fully saturated rings. The summed E-state index contributed by atoms with van der Waals surface area (Å²) in [6.45, 7) is 2.93. The number of fused-ring (bicyclic) bond motifs is 1. The van der Waals surface area contributed by atoms with Crippen LogP contribution in [0.1, 0.15) is 37.5 Å². The van der Waals surface area contributed by atoms with Gasteiger partial charge in [0.1, 0.15) is 12.4 Å². The van der Waals surface area contributed by atoms with Crippen molar-refractivity contribution in [2.75, 3.05) is 26.2 Å². The van der Waals surface area contributed by atoms with Gasteiger partial charge in [-0.1, -0.05) is 12.1 Å². The Labute approximate surface area is 148 Å². The summed E-state index contributed by atoms with van der Waals surface area (Å²) in [5.41, 5.74) is 2.10. The summed E-state index contributed by atoms with van der Waals surface area (Å²) >= 11 is 0. The van der Waals surface area contributed by atoms with Crippen LogP contribution in [-0.4, -0.2) is 52.7 Å². The maximum atomic E-state index is 12.7. The van der Waals surface area contributed by atoms with Gasteiger partial charge in [0.2, 0.25) is 5.91 Å². The SMILES string of the molecule is Cn1c(C2CCCN2C(=O)COC2CCNCC2)nc2ccccc21. The number of likely N-dealkylation sites (tertiary alicyclic amines) is 1. The second-order valence-corrected chi connectivity index (χ2v) is 7.02. The van der Waals surface area contributed by atoms with Gasteiger partial charge in [-0.2, -0.15) is 0 Å². The number of hydrogen-bond donors (Lipinski definition) is 1. The van der Waals surface area contributed by atoms with Gasteiger partial charge in [0.15, 0.2) is 0 Å². The molecule has 2 aromatic rings. The van der Waals surface area contributed by atoms with Gasteiger partial charge in [0, 0.05) is 13.6 Å². The lowest BCUT2D eigenvalue weighted by Crippen LogP contribution is -2.38. The Morgan fingerprint density at radius 2 is 2.08 bits per heavy atom. The number of para-hydroxylation sites is 2. The third kappa shape index (κ3) is 3.28. The quantitative estimate of drug-likeness (QED) is 0.923. The molecule has 0 saturated carbocycles. The highest BCUT2D eigenvalue weighted by Gasteiger charge is 2.33. The summed E-state index contributed by atoms with van der Waals surface area (Å²) in [6.07, 6.45) is 4.17. The Bertz CT molecular complexity index is 751. The number of amides is 1. The molecule has 0 bridgehead atoms. The Morgan fingerprint density at radius 3 is 2.88 bits per heavy atom. The largest absolute Gasteiger partial charge is 0.368 e. The van der Waals surface area contributed by atoms with Gasteiger partial charge < -0.3 is 19.5 Å². The second-order valence-electron chi connectivity index (χ2n) is 7.02. The van der Waals surface area contributed by atoms with Crippen LogP contribution in [-0.2, 0) is 16.6 Å². The topological polar surface area (TPSA) is 59.4 Å². The molecule has 25 heavy (non-hydrogen) atoms. The molecule has 2 saturated heterocycles. The molecule has 1 unspecified atom stereocenters. The molecule has 2 aliphatic heterocycles. The minimum Gasteiger partial charge on any atom is -0.368 e. The molecular weight excluding hydrogens is 316 g/mol. The van der Waals surface area contributed by atoms with Gasteiger partial charge in [-0.05, 0) is 50.9 Å². The molecule has 134 valence electrons. The van der Waals surface area contributed by atoms with Crippen molar-refractivity contribution in [1.82, 2.24) is 19.8 Å². The van der Waals surface area contributed by atoms with Gasteiger partial charge in [-0.3, -0.25) is 4.79 Å². The smallest absolute Gasteiger partial charge is 0.249 e. The van der Waals surface area contributed by atoms with Crippen molar-refractivity contribution >= 4 is 16.9 Å². The highest BCUT2D eigenvalue weighted by molar-refractivity contribution is 5.79. The van der Waals surface area contributed by atoms with Crippen molar-refractivity contribution in [3.05, 3.63) is 30.1 Å². The minimum absolute atomic E-state index is 0.0570. The van der Waals surface area contributed by atoms with Gasteiger partial charge >= 0.3 is 0 Å². The molecule has 1 aromatic carbocycles. The van der Waals surface area contributed by atoms with Crippen LogP contribution >= 0.6 is 0 Å². The number of hydrogen-bond acceptors (Lipinski definition) is 4. The number of carbonyl (C=O) groups is 1. The van der Waals surface area contributed by atoms with Crippen LogP contribution in [0.25, 0.3) is 11.0 Å². The predicted molar refractivity (Wildman–Crippen MR) is 96.2 cm³/mol.